The minimum atomic E-state index is -0.965. The lowest BCUT2D eigenvalue weighted by Gasteiger charge is -2.15. The van der Waals surface area contributed by atoms with Crippen molar-refractivity contribution in [2.24, 2.45) is 0 Å². The zero-order valence-corrected chi connectivity index (χ0v) is 17.8. The number of esters is 1. The molecule has 0 aliphatic carbocycles. The highest BCUT2D eigenvalue weighted by Crippen LogP contribution is 2.29. The average molecular weight is 419 g/mol. The number of methoxy groups -OCH3 is 1. The number of aryl methyl sites for hydroxylation is 1. The predicted octanol–water partition coefficient (Wildman–Crippen LogP) is 4.77. The van der Waals surface area contributed by atoms with Crippen molar-refractivity contribution in [3.05, 3.63) is 89.5 Å². The Kier molecular flexibility index (Phi) is 7.27. The van der Waals surface area contributed by atoms with Crippen molar-refractivity contribution >= 4 is 17.6 Å². The summed E-state index contributed by atoms with van der Waals surface area (Å²) in [5.74, 6) is -0.121. The van der Waals surface area contributed by atoms with Gasteiger partial charge in [0.05, 0.1) is 12.7 Å². The van der Waals surface area contributed by atoms with Gasteiger partial charge in [-0.05, 0) is 55.3 Å². The third-order valence-electron chi connectivity index (χ3n) is 4.58. The second kappa shape index (κ2) is 10.3. The SMILES string of the molecule is COc1cc(C(=O)O[C@H](C)C(=O)Nc2cccc(C)c2)ccc1OCc1ccccc1. The van der Waals surface area contributed by atoms with E-state index in [1.54, 1.807) is 18.2 Å². The van der Waals surface area contributed by atoms with Crippen LogP contribution in [0.15, 0.2) is 72.8 Å². The Labute approximate surface area is 181 Å². The maximum Gasteiger partial charge on any atom is 0.339 e. The average Bonchev–Trinajstić information content (AvgIpc) is 2.78. The Morgan fingerprint density at radius 1 is 0.935 bits per heavy atom. The second-order valence-corrected chi connectivity index (χ2v) is 7.05. The lowest BCUT2D eigenvalue weighted by molar-refractivity contribution is -0.123. The molecule has 0 heterocycles. The third-order valence-corrected chi connectivity index (χ3v) is 4.58. The van der Waals surface area contributed by atoms with E-state index in [1.807, 2.05) is 55.5 Å². The first kappa shape index (κ1) is 21.9. The van der Waals surface area contributed by atoms with Gasteiger partial charge >= 0.3 is 5.97 Å². The van der Waals surface area contributed by atoms with Gasteiger partial charge in [-0.2, -0.15) is 0 Å². The standard InChI is InChI=1S/C25H25NO5/c1-17-8-7-11-21(14-17)26-24(27)18(2)31-25(28)20-12-13-22(23(15-20)29-3)30-16-19-9-5-4-6-10-19/h4-15,18H,16H2,1-3H3,(H,26,27)/t18-/m1/s1. The lowest BCUT2D eigenvalue weighted by atomic mass is 10.2. The molecule has 3 rings (SSSR count). The van der Waals surface area contributed by atoms with Gasteiger partial charge in [-0.15, -0.1) is 0 Å². The number of rotatable bonds is 8. The first-order valence-electron chi connectivity index (χ1n) is 9.89. The zero-order valence-electron chi connectivity index (χ0n) is 17.8. The summed E-state index contributed by atoms with van der Waals surface area (Å²) in [6.45, 7) is 3.83. The van der Waals surface area contributed by atoms with Crippen molar-refractivity contribution in [3.63, 3.8) is 0 Å². The van der Waals surface area contributed by atoms with E-state index in [-0.39, 0.29) is 5.56 Å². The van der Waals surface area contributed by atoms with Gasteiger partial charge in [-0.25, -0.2) is 4.79 Å². The van der Waals surface area contributed by atoms with Crippen molar-refractivity contribution in [2.45, 2.75) is 26.6 Å². The highest BCUT2D eigenvalue weighted by atomic mass is 16.5. The second-order valence-electron chi connectivity index (χ2n) is 7.05. The molecule has 0 aliphatic heterocycles. The third kappa shape index (κ3) is 6.09. The fourth-order valence-corrected chi connectivity index (χ4v) is 2.90. The van der Waals surface area contributed by atoms with E-state index in [0.717, 1.165) is 11.1 Å². The number of hydrogen-bond donors (Lipinski definition) is 1. The van der Waals surface area contributed by atoms with E-state index in [0.29, 0.717) is 23.8 Å². The molecule has 1 amide bonds. The van der Waals surface area contributed by atoms with Crippen molar-refractivity contribution in [2.75, 3.05) is 12.4 Å². The van der Waals surface area contributed by atoms with Crippen LogP contribution in [0.4, 0.5) is 5.69 Å². The molecule has 0 radical (unpaired) electrons. The number of hydrogen-bond acceptors (Lipinski definition) is 5. The Morgan fingerprint density at radius 3 is 2.42 bits per heavy atom. The van der Waals surface area contributed by atoms with Crippen LogP contribution in [0.5, 0.6) is 11.5 Å². The Hall–Kier alpha value is -3.80. The van der Waals surface area contributed by atoms with E-state index >= 15 is 0 Å². The molecule has 3 aromatic rings. The van der Waals surface area contributed by atoms with Gasteiger partial charge in [-0.3, -0.25) is 4.79 Å². The van der Waals surface area contributed by atoms with Crippen LogP contribution in [0.1, 0.15) is 28.4 Å². The zero-order chi connectivity index (χ0) is 22.2. The van der Waals surface area contributed by atoms with E-state index in [4.69, 9.17) is 14.2 Å². The van der Waals surface area contributed by atoms with Gasteiger partial charge in [0.25, 0.3) is 5.91 Å². The van der Waals surface area contributed by atoms with Crippen LogP contribution in [0.3, 0.4) is 0 Å². The number of amides is 1. The highest BCUT2D eigenvalue weighted by molar-refractivity contribution is 5.97. The quantitative estimate of drug-likeness (QED) is 0.533. The molecule has 160 valence electrons. The first-order chi connectivity index (χ1) is 15.0. The fraction of sp³-hybridized carbons (Fsp3) is 0.200. The Balaban J connectivity index is 1.62. The van der Waals surface area contributed by atoms with E-state index < -0.39 is 18.0 Å². The smallest absolute Gasteiger partial charge is 0.339 e. The summed E-state index contributed by atoms with van der Waals surface area (Å²) in [7, 11) is 1.50. The monoisotopic (exact) mass is 419 g/mol. The van der Waals surface area contributed by atoms with Gasteiger partial charge < -0.3 is 19.5 Å². The van der Waals surface area contributed by atoms with Crippen LogP contribution in [0, 0.1) is 6.92 Å². The largest absolute Gasteiger partial charge is 0.493 e. The van der Waals surface area contributed by atoms with Crippen LogP contribution in [0.2, 0.25) is 0 Å². The van der Waals surface area contributed by atoms with Crippen molar-refractivity contribution < 1.29 is 23.8 Å². The van der Waals surface area contributed by atoms with Gasteiger partial charge in [0, 0.05) is 5.69 Å². The van der Waals surface area contributed by atoms with Crippen LogP contribution < -0.4 is 14.8 Å². The number of nitrogens with one attached hydrogen (secondary N) is 1. The summed E-state index contributed by atoms with van der Waals surface area (Å²) in [5, 5.41) is 2.74. The van der Waals surface area contributed by atoms with Crippen molar-refractivity contribution in [1.29, 1.82) is 0 Å². The van der Waals surface area contributed by atoms with Crippen LogP contribution in [-0.4, -0.2) is 25.1 Å². The van der Waals surface area contributed by atoms with Gasteiger partial charge in [0.1, 0.15) is 6.61 Å². The normalized spacial score (nSPS) is 11.3. The van der Waals surface area contributed by atoms with Crippen molar-refractivity contribution in [3.8, 4) is 11.5 Å². The molecule has 0 saturated carbocycles. The molecular weight excluding hydrogens is 394 g/mol. The fourth-order valence-electron chi connectivity index (χ4n) is 2.90. The van der Waals surface area contributed by atoms with Crippen molar-refractivity contribution in [1.82, 2.24) is 0 Å². The Bertz CT molecular complexity index is 1050. The van der Waals surface area contributed by atoms with Crippen LogP contribution in [-0.2, 0) is 16.1 Å². The molecule has 1 atom stereocenters. The number of benzene rings is 3. The van der Waals surface area contributed by atoms with Gasteiger partial charge in [0.2, 0.25) is 0 Å². The molecule has 31 heavy (non-hydrogen) atoms. The number of anilines is 1. The molecule has 6 nitrogen and oxygen atoms in total. The molecular formula is C25H25NO5. The predicted molar refractivity (Wildman–Crippen MR) is 118 cm³/mol. The minimum Gasteiger partial charge on any atom is -0.493 e. The molecule has 0 aromatic heterocycles. The molecule has 0 spiro atoms. The summed E-state index contributed by atoms with van der Waals surface area (Å²) in [5.41, 5.74) is 2.94. The maximum absolute atomic E-state index is 12.5. The summed E-state index contributed by atoms with van der Waals surface area (Å²) < 4.78 is 16.5. The number of ether oxygens (including phenoxy) is 3. The van der Waals surface area contributed by atoms with Crippen LogP contribution >= 0.6 is 0 Å². The molecule has 0 bridgehead atoms. The highest BCUT2D eigenvalue weighted by Gasteiger charge is 2.20. The van der Waals surface area contributed by atoms with E-state index in [9.17, 15) is 9.59 Å². The molecule has 3 aromatic carbocycles. The lowest BCUT2D eigenvalue weighted by Crippen LogP contribution is -2.30. The number of carbonyl (C=O) groups is 2. The molecule has 0 aliphatic rings. The molecule has 0 saturated heterocycles. The summed E-state index contributed by atoms with van der Waals surface area (Å²) in [6.07, 6.45) is -0.965. The molecule has 0 unspecified atom stereocenters. The minimum absolute atomic E-state index is 0.263. The summed E-state index contributed by atoms with van der Waals surface area (Å²) in [6, 6.07) is 21.9. The Morgan fingerprint density at radius 2 is 1.71 bits per heavy atom. The number of carbonyl (C=O) groups excluding carboxylic acids is 2. The van der Waals surface area contributed by atoms with E-state index in [1.165, 1.54) is 20.1 Å². The van der Waals surface area contributed by atoms with Gasteiger partial charge in [0.15, 0.2) is 17.6 Å². The first-order valence-corrected chi connectivity index (χ1v) is 9.89. The molecule has 6 heteroatoms. The van der Waals surface area contributed by atoms with Crippen LogP contribution in [0.25, 0.3) is 0 Å². The van der Waals surface area contributed by atoms with Gasteiger partial charge in [-0.1, -0.05) is 42.5 Å². The molecule has 1 N–H and O–H groups in total. The summed E-state index contributed by atoms with van der Waals surface area (Å²) >= 11 is 0. The summed E-state index contributed by atoms with van der Waals surface area (Å²) in [4.78, 5) is 24.9. The van der Waals surface area contributed by atoms with E-state index in [2.05, 4.69) is 5.32 Å². The topological polar surface area (TPSA) is 73.9 Å². The molecule has 0 fully saturated rings. The maximum atomic E-state index is 12.5.